The zero-order chi connectivity index (χ0) is 23.0. The second-order valence-electron chi connectivity index (χ2n) is 8.82. The number of pyridine rings is 1. The van der Waals surface area contributed by atoms with Crippen molar-refractivity contribution in [2.45, 2.75) is 60.8 Å². The molecule has 0 bridgehead atoms. The van der Waals surface area contributed by atoms with Gasteiger partial charge in [-0.05, 0) is 43.0 Å². The van der Waals surface area contributed by atoms with Crippen molar-refractivity contribution >= 4 is 23.3 Å². The standard InChI is InChI=1S/C17H20N2.C11H14N.Fe/c1-13(14-6-5-11-18-12-14)19-16-9-7-15(8-10-16)17(2,3)4;1-5-12-11-9(3)6-8(2)7-10(11)4;/h5-12H,1-4H3;6-7H,1-4H3;/q;-1;. The molecule has 0 atom stereocenters. The normalized spacial score (nSPS) is 11.6. The Morgan fingerprint density at radius 3 is 2.00 bits per heavy atom. The van der Waals surface area contributed by atoms with Crippen molar-refractivity contribution in [2.24, 2.45) is 9.98 Å². The molecule has 0 aliphatic heterocycles. The molecule has 4 heteroatoms. The van der Waals surface area contributed by atoms with E-state index in [1.807, 2.05) is 32.2 Å². The van der Waals surface area contributed by atoms with Gasteiger partial charge in [0.1, 0.15) is 0 Å². The Hall–Kier alpha value is -2.55. The second-order valence-corrected chi connectivity index (χ2v) is 8.82. The maximum absolute atomic E-state index is 4.63. The van der Waals surface area contributed by atoms with E-state index in [-0.39, 0.29) is 22.5 Å². The monoisotopic (exact) mass is 468 g/mol. The van der Waals surface area contributed by atoms with E-state index in [4.69, 9.17) is 0 Å². The average molecular weight is 468 g/mol. The molecule has 0 saturated heterocycles. The predicted octanol–water partition coefficient (Wildman–Crippen LogP) is 7.73. The van der Waals surface area contributed by atoms with Crippen LogP contribution in [0.2, 0.25) is 0 Å². The summed E-state index contributed by atoms with van der Waals surface area (Å²) in [6.07, 6.45) is 6.42. The van der Waals surface area contributed by atoms with Crippen molar-refractivity contribution in [3.8, 4) is 0 Å². The molecular weight excluding hydrogens is 434 g/mol. The molecule has 0 aliphatic rings. The quantitative estimate of drug-likeness (QED) is 0.220. The molecule has 1 aromatic heterocycles. The van der Waals surface area contributed by atoms with E-state index in [9.17, 15) is 0 Å². The van der Waals surface area contributed by atoms with E-state index in [0.29, 0.717) is 0 Å². The summed E-state index contributed by atoms with van der Waals surface area (Å²) in [5, 5.41) is 0. The molecule has 0 spiro atoms. The molecule has 0 unspecified atom stereocenters. The average Bonchev–Trinajstić information content (AvgIpc) is 2.71. The summed E-state index contributed by atoms with van der Waals surface area (Å²) in [5.74, 6) is 0. The van der Waals surface area contributed by atoms with Gasteiger partial charge in [0.2, 0.25) is 0 Å². The van der Waals surface area contributed by atoms with Gasteiger partial charge in [-0.2, -0.15) is 6.21 Å². The van der Waals surface area contributed by atoms with Gasteiger partial charge >= 0.3 is 0 Å². The molecule has 3 nitrogen and oxygen atoms in total. The summed E-state index contributed by atoms with van der Waals surface area (Å²) in [6.45, 7) is 16.7. The molecule has 3 rings (SSSR count). The number of benzene rings is 2. The summed E-state index contributed by atoms with van der Waals surface area (Å²) in [4.78, 5) is 12.9. The Balaban J connectivity index is 0.000000342. The van der Waals surface area contributed by atoms with Crippen molar-refractivity contribution in [2.75, 3.05) is 0 Å². The van der Waals surface area contributed by atoms with Crippen LogP contribution in [0.15, 0.2) is 70.9 Å². The fourth-order valence-electron chi connectivity index (χ4n) is 3.33. The van der Waals surface area contributed by atoms with E-state index in [0.717, 1.165) is 22.6 Å². The SMILES string of the molecule is CC(=Nc1ccc(C(C)(C)C)cc1)c1cccnc1.C[C-]=Nc1c(C)cc(C)cc1C.[Fe]. The number of aromatic nitrogens is 1. The van der Waals surface area contributed by atoms with E-state index >= 15 is 0 Å². The number of nitrogens with zero attached hydrogens (tertiary/aromatic N) is 3. The van der Waals surface area contributed by atoms with Crippen molar-refractivity contribution in [1.29, 1.82) is 0 Å². The van der Waals surface area contributed by atoms with E-state index in [2.05, 4.69) is 99.1 Å². The zero-order valence-electron chi connectivity index (χ0n) is 20.5. The molecule has 2 aromatic carbocycles. The third-order valence-corrected chi connectivity index (χ3v) is 4.97. The van der Waals surface area contributed by atoms with Crippen LogP contribution < -0.4 is 0 Å². The maximum atomic E-state index is 4.63. The van der Waals surface area contributed by atoms with Crippen LogP contribution in [-0.2, 0) is 22.5 Å². The van der Waals surface area contributed by atoms with E-state index < -0.39 is 0 Å². The third-order valence-electron chi connectivity index (χ3n) is 4.97. The Kier molecular flexibility index (Phi) is 10.7. The number of hydrogen-bond acceptors (Lipinski definition) is 3. The fraction of sp³-hybridized carbons (Fsp3) is 0.321. The minimum absolute atomic E-state index is 0. The second kappa shape index (κ2) is 12.5. The molecular formula is C28H34FeN3-. The maximum Gasteiger partial charge on any atom is 0.0633 e. The molecule has 0 N–H and O–H groups in total. The smallest absolute Gasteiger partial charge is 0.0633 e. The molecule has 0 fully saturated rings. The van der Waals surface area contributed by atoms with Crippen LogP contribution in [0.5, 0.6) is 0 Å². The van der Waals surface area contributed by atoms with E-state index in [1.165, 1.54) is 22.3 Å². The van der Waals surface area contributed by atoms with Crippen molar-refractivity contribution in [3.05, 3.63) is 88.7 Å². The summed E-state index contributed by atoms with van der Waals surface area (Å²) < 4.78 is 0. The van der Waals surface area contributed by atoms with Crippen LogP contribution in [0.3, 0.4) is 0 Å². The first-order valence-electron chi connectivity index (χ1n) is 10.6. The minimum Gasteiger partial charge on any atom is -0.456 e. The number of aliphatic imine (C=N–C) groups is 2. The van der Waals surface area contributed by atoms with Gasteiger partial charge in [0.15, 0.2) is 0 Å². The molecule has 3 aromatic rings. The Bertz CT molecular complexity index is 1020. The first kappa shape index (κ1) is 27.5. The van der Waals surface area contributed by atoms with Crippen LogP contribution in [-0.4, -0.2) is 16.9 Å². The number of aryl methyl sites for hydroxylation is 3. The summed E-state index contributed by atoms with van der Waals surface area (Å²) >= 11 is 0. The summed E-state index contributed by atoms with van der Waals surface area (Å²) in [5.41, 5.74) is 9.33. The Morgan fingerprint density at radius 2 is 1.53 bits per heavy atom. The molecule has 0 aliphatic carbocycles. The number of hydrogen-bond donors (Lipinski definition) is 0. The van der Waals surface area contributed by atoms with E-state index in [1.54, 1.807) is 6.20 Å². The first-order chi connectivity index (χ1) is 14.6. The molecule has 0 amide bonds. The van der Waals surface area contributed by atoms with Gasteiger partial charge < -0.3 is 4.99 Å². The Labute approximate surface area is 204 Å². The molecule has 1 heterocycles. The predicted molar refractivity (Wildman–Crippen MR) is 135 cm³/mol. The van der Waals surface area contributed by atoms with Crippen LogP contribution >= 0.6 is 0 Å². The minimum atomic E-state index is 0. The van der Waals surface area contributed by atoms with Gasteiger partial charge in [-0.15, -0.1) is 18.1 Å². The molecule has 0 saturated carbocycles. The summed E-state index contributed by atoms with van der Waals surface area (Å²) in [6, 6.07) is 16.7. The van der Waals surface area contributed by atoms with Gasteiger partial charge in [-0.1, -0.05) is 76.2 Å². The van der Waals surface area contributed by atoms with Crippen molar-refractivity contribution < 1.29 is 17.1 Å². The van der Waals surface area contributed by atoms with Crippen LogP contribution in [0.1, 0.15) is 62.4 Å². The fourth-order valence-corrected chi connectivity index (χ4v) is 3.33. The largest absolute Gasteiger partial charge is 0.456 e. The molecule has 0 radical (unpaired) electrons. The number of rotatable bonds is 3. The van der Waals surface area contributed by atoms with Crippen molar-refractivity contribution in [1.82, 2.24) is 4.98 Å². The third kappa shape index (κ3) is 8.18. The van der Waals surface area contributed by atoms with Gasteiger partial charge in [-0.3, -0.25) is 9.98 Å². The zero-order valence-corrected chi connectivity index (χ0v) is 21.6. The van der Waals surface area contributed by atoms with Crippen molar-refractivity contribution in [3.63, 3.8) is 0 Å². The topological polar surface area (TPSA) is 37.6 Å². The van der Waals surface area contributed by atoms with Crippen LogP contribution in [0.25, 0.3) is 0 Å². The van der Waals surface area contributed by atoms with Gasteiger partial charge in [0.05, 0.1) is 5.69 Å². The van der Waals surface area contributed by atoms with Gasteiger partial charge in [0.25, 0.3) is 0 Å². The van der Waals surface area contributed by atoms with Gasteiger partial charge in [-0.25, -0.2) is 0 Å². The van der Waals surface area contributed by atoms with Gasteiger partial charge in [0, 0.05) is 40.7 Å². The molecule has 170 valence electrons. The molecule has 32 heavy (non-hydrogen) atoms. The van der Waals surface area contributed by atoms with Crippen LogP contribution in [0, 0.1) is 20.8 Å². The van der Waals surface area contributed by atoms with Crippen LogP contribution in [0.4, 0.5) is 11.4 Å². The first-order valence-corrected chi connectivity index (χ1v) is 10.6. The summed E-state index contributed by atoms with van der Waals surface area (Å²) in [7, 11) is 0. The Morgan fingerprint density at radius 1 is 0.938 bits per heavy atom.